The van der Waals surface area contributed by atoms with Crippen molar-refractivity contribution in [3.05, 3.63) is 29.8 Å². The molecule has 4 nitrogen and oxygen atoms in total. The minimum atomic E-state index is -3.38. The summed E-state index contributed by atoms with van der Waals surface area (Å²) in [5.74, 6) is 0.384. The van der Waals surface area contributed by atoms with Gasteiger partial charge in [0.1, 0.15) is 0 Å². The second kappa shape index (κ2) is 4.99. The van der Waals surface area contributed by atoms with Crippen LogP contribution in [0.15, 0.2) is 29.2 Å². The van der Waals surface area contributed by atoms with Crippen LogP contribution in [0, 0.1) is 12.8 Å². The summed E-state index contributed by atoms with van der Waals surface area (Å²) in [5.41, 5.74) is 7.02. The summed E-state index contributed by atoms with van der Waals surface area (Å²) in [6.45, 7) is 4.98. The van der Waals surface area contributed by atoms with Gasteiger partial charge in [0.2, 0.25) is 10.0 Å². The lowest BCUT2D eigenvalue weighted by molar-refractivity contribution is 0.253. The molecule has 5 heteroatoms. The lowest BCUT2D eigenvalue weighted by atomic mass is 9.96. The highest BCUT2D eigenvalue weighted by molar-refractivity contribution is 7.89. The number of hydrogen-bond donors (Lipinski definition) is 1. The summed E-state index contributed by atoms with van der Waals surface area (Å²) in [6, 6.07) is 6.89. The molecule has 0 saturated carbocycles. The number of piperidine rings is 1. The molecule has 0 aliphatic carbocycles. The fraction of sp³-hybridized carbons (Fsp3) is 0.538. The number of sulfonamides is 1. The number of aryl methyl sites for hydroxylation is 1. The molecule has 2 N–H and O–H groups in total. The van der Waals surface area contributed by atoms with Crippen molar-refractivity contribution in [3.63, 3.8) is 0 Å². The van der Waals surface area contributed by atoms with Crippen LogP contribution in [-0.2, 0) is 10.0 Å². The van der Waals surface area contributed by atoms with Crippen molar-refractivity contribution >= 4 is 10.0 Å². The van der Waals surface area contributed by atoms with Crippen molar-refractivity contribution in [1.29, 1.82) is 0 Å². The minimum Gasteiger partial charge on any atom is -0.326 e. The third kappa shape index (κ3) is 2.58. The highest BCUT2D eigenvalue weighted by atomic mass is 32.2. The van der Waals surface area contributed by atoms with Crippen molar-refractivity contribution in [2.45, 2.75) is 31.2 Å². The van der Waals surface area contributed by atoms with Crippen LogP contribution in [0.1, 0.15) is 18.9 Å². The lowest BCUT2D eigenvalue weighted by Crippen LogP contribution is -2.49. The smallest absolute Gasteiger partial charge is 0.243 e. The Morgan fingerprint density at radius 3 is 2.44 bits per heavy atom. The standard InChI is InChI=1S/C13H20N2O2S/c1-10-3-5-12(6-4-10)18(16,17)15-8-7-11(2)13(14)9-15/h3-6,11,13H,7-9,14H2,1-2H3. The van der Waals surface area contributed by atoms with Gasteiger partial charge in [0.25, 0.3) is 0 Å². The van der Waals surface area contributed by atoms with Crippen molar-refractivity contribution in [2.24, 2.45) is 11.7 Å². The first kappa shape index (κ1) is 13.5. The van der Waals surface area contributed by atoms with Crippen LogP contribution in [-0.4, -0.2) is 31.9 Å². The van der Waals surface area contributed by atoms with Crippen molar-refractivity contribution in [2.75, 3.05) is 13.1 Å². The van der Waals surface area contributed by atoms with E-state index in [1.165, 1.54) is 4.31 Å². The van der Waals surface area contributed by atoms with Gasteiger partial charge in [0, 0.05) is 19.1 Å². The van der Waals surface area contributed by atoms with E-state index in [1.807, 2.05) is 19.1 Å². The molecule has 0 bridgehead atoms. The van der Waals surface area contributed by atoms with E-state index in [0.717, 1.165) is 12.0 Å². The van der Waals surface area contributed by atoms with E-state index in [1.54, 1.807) is 12.1 Å². The summed E-state index contributed by atoms with van der Waals surface area (Å²) in [5, 5.41) is 0. The van der Waals surface area contributed by atoms with Gasteiger partial charge in [-0.05, 0) is 31.4 Å². The minimum absolute atomic E-state index is 0.0704. The molecule has 100 valence electrons. The summed E-state index contributed by atoms with van der Waals surface area (Å²) in [6.07, 6.45) is 0.826. The van der Waals surface area contributed by atoms with Crippen LogP contribution >= 0.6 is 0 Å². The van der Waals surface area contributed by atoms with Gasteiger partial charge in [-0.2, -0.15) is 4.31 Å². The molecule has 0 spiro atoms. The molecule has 1 aliphatic heterocycles. The SMILES string of the molecule is Cc1ccc(S(=O)(=O)N2CCC(C)C(N)C2)cc1. The Labute approximate surface area is 109 Å². The molecule has 1 fully saturated rings. The molecule has 0 amide bonds. The summed E-state index contributed by atoms with van der Waals surface area (Å²) >= 11 is 0. The van der Waals surface area contributed by atoms with Gasteiger partial charge in [0.05, 0.1) is 4.90 Å². The molecular weight excluding hydrogens is 248 g/mol. The average Bonchev–Trinajstić information content (AvgIpc) is 2.33. The zero-order chi connectivity index (χ0) is 13.3. The average molecular weight is 268 g/mol. The van der Waals surface area contributed by atoms with Crippen molar-refractivity contribution < 1.29 is 8.42 Å². The van der Waals surface area contributed by atoms with Crippen LogP contribution < -0.4 is 5.73 Å². The normalized spacial score (nSPS) is 26.2. The van der Waals surface area contributed by atoms with Crippen molar-refractivity contribution in [1.82, 2.24) is 4.31 Å². The highest BCUT2D eigenvalue weighted by Crippen LogP contribution is 2.23. The Hall–Kier alpha value is -0.910. The zero-order valence-corrected chi connectivity index (χ0v) is 11.7. The van der Waals surface area contributed by atoms with E-state index in [-0.39, 0.29) is 6.04 Å². The van der Waals surface area contributed by atoms with E-state index in [4.69, 9.17) is 5.73 Å². The monoisotopic (exact) mass is 268 g/mol. The van der Waals surface area contributed by atoms with Gasteiger partial charge in [-0.1, -0.05) is 24.6 Å². The maximum Gasteiger partial charge on any atom is 0.243 e. The van der Waals surface area contributed by atoms with E-state index in [0.29, 0.717) is 23.9 Å². The molecule has 1 aliphatic rings. The number of nitrogens with zero attached hydrogens (tertiary/aromatic N) is 1. The van der Waals surface area contributed by atoms with Gasteiger partial charge in [-0.15, -0.1) is 0 Å². The van der Waals surface area contributed by atoms with Crippen LogP contribution in [0.2, 0.25) is 0 Å². The molecule has 1 heterocycles. The summed E-state index contributed by atoms with van der Waals surface area (Å²) in [4.78, 5) is 0.356. The third-order valence-electron chi connectivity index (χ3n) is 3.64. The Balaban J connectivity index is 2.24. The number of hydrogen-bond acceptors (Lipinski definition) is 3. The summed E-state index contributed by atoms with van der Waals surface area (Å²) < 4.78 is 26.3. The van der Waals surface area contributed by atoms with Crippen LogP contribution in [0.3, 0.4) is 0 Å². The molecular formula is C13H20N2O2S. The van der Waals surface area contributed by atoms with Gasteiger partial charge in [0.15, 0.2) is 0 Å². The van der Waals surface area contributed by atoms with Crippen LogP contribution in [0.4, 0.5) is 0 Å². The Morgan fingerprint density at radius 1 is 1.28 bits per heavy atom. The van der Waals surface area contributed by atoms with E-state index >= 15 is 0 Å². The second-order valence-corrected chi connectivity index (χ2v) is 7.04. The predicted octanol–water partition coefficient (Wildman–Crippen LogP) is 1.35. The maximum atomic E-state index is 12.4. The predicted molar refractivity (Wildman–Crippen MR) is 71.7 cm³/mol. The van der Waals surface area contributed by atoms with Crippen LogP contribution in [0.25, 0.3) is 0 Å². The first-order valence-corrected chi connectivity index (χ1v) is 7.67. The summed E-state index contributed by atoms with van der Waals surface area (Å²) in [7, 11) is -3.38. The van der Waals surface area contributed by atoms with E-state index in [9.17, 15) is 8.42 Å². The maximum absolute atomic E-state index is 12.4. The largest absolute Gasteiger partial charge is 0.326 e. The Morgan fingerprint density at radius 2 is 1.89 bits per heavy atom. The Kier molecular flexibility index (Phi) is 3.75. The Bertz CT molecular complexity index is 510. The molecule has 0 radical (unpaired) electrons. The molecule has 2 atom stereocenters. The second-order valence-electron chi connectivity index (χ2n) is 5.11. The fourth-order valence-electron chi connectivity index (χ4n) is 2.15. The topological polar surface area (TPSA) is 63.4 Å². The molecule has 1 aromatic carbocycles. The van der Waals surface area contributed by atoms with Crippen LogP contribution in [0.5, 0.6) is 0 Å². The number of benzene rings is 1. The number of rotatable bonds is 2. The zero-order valence-electron chi connectivity index (χ0n) is 10.8. The van der Waals surface area contributed by atoms with Gasteiger partial charge in [-0.25, -0.2) is 8.42 Å². The first-order valence-electron chi connectivity index (χ1n) is 6.23. The highest BCUT2D eigenvalue weighted by Gasteiger charge is 2.31. The lowest BCUT2D eigenvalue weighted by Gasteiger charge is -2.34. The molecule has 1 aromatic rings. The van der Waals surface area contributed by atoms with Crippen molar-refractivity contribution in [3.8, 4) is 0 Å². The van der Waals surface area contributed by atoms with E-state index < -0.39 is 10.0 Å². The molecule has 2 unspecified atom stereocenters. The number of nitrogens with two attached hydrogens (primary N) is 1. The van der Waals surface area contributed by atoms with Gasteiger partial charge >= 0.3 is 0 Å². The quantitative estimate of drug-likeness (QED) is 0.880. The van der Waals surface area contributed by atoms with Gasteiger partial charge in [-0.3, -0.25) is 0 Å². The first-order chi connectivity index (χ1) is 8.41. The third-order valence-corrected chi connectivity index (χ3v) is 5.52. The van der Waals surface area contributed by atoms with E-state index in [2.05, 4.69) is 6.92 Å². The molecule has 2 rings (SSSR count). The fourth-order valence-corrected chi connectivity index (χ4v) is 3.64. The molecule has 1 saturated heterocycles. The van der Waals surface area contributed by atoms with Gasteiger partial charge < -0.3 is 5.73 Å². The molecule has 18 heavy (non-hydrogen) atoms. The molecule has 0 aromatic heterocycles.